The Morgan fingerprint density at radius 3 is 2.55 bits per heavy atom. The number of carbonyl (C=O) groups is 1. The number of rotatable bonds is 5. The molecule has 0 spiro atoms. The Balaban J connectivity index is 1.09. The van der Waals surface area contributed by atoms with E-state index in [4.69, 9.17) is 4.98 Å². The molecule has 7 rings (SSSR count). The van der Waals surface area contributed by atoms with Crippen LogP contribution in [-0.2, 0) is 7.05 Å². The predicted octanol–water partition coefficient (Wildman–Crippen LogP) is 3.98. The number of hydrogen-bond acceptors (Lipinski definition) is 6. The number of hydrogen-bond donors (Lipinski definition) is 1. The lowest BCUT2D eigenvalue weighted by Gasteiger charge is -2.21. The molecule has 5 heterocycles. The van der Waals surface area contributed by atoms with Crippen LogP contribution >= 0.6 is 0 Å². The zero-order valence-electron chi connectivity index (χ0n) is 21.9. The van der Waals surface area contributed by atoms with Gasteiger partial charge in [0, 0.05) is 84.4 Å². The molecule has 1 saturated carbocycles. The number of aryl methyl sites for hydroxylation is 2. The molecule has 1 N–H and O–H groups in total. The number of halogens is 1. The van der Waals surface area contributed by atoms with Crippen LogP contribution in [0.25, 0.3) is 27.8 Å². The first kappa shape index (κ1) is 24.0. The Kier molecular flexibility index (Phi) is 5.42. The van der Waals surface area contributed by atoms with Gasteiger partial charge in [0.25, 0.3) is 5.91 Å². The molecule has 1 unspecified atom stereocenters. The first-order chi connectivity index (χ1) is 19.4. The maximum atomic E-state index is 13.6. The third-order valence-electron chi connectivity index (χ3n) is 8.09. The van der Waals surface area contributed by atoms with E-state index in [-0.39, 0.29) is 11.9 Å². The zero-order chi connectivity index (χ0) is 27.5. The highest BCUT2D eigenvalue weighted by Gasteiger charge is 2.56. The second-order valence-corrected chi connectivity index (χ2v) is 10.6. The van der Waals surface area contributed by atoms with Crippen LogP contribution in [0.15, 0.2) is 67.4 Å². The second kappa shape index (κ2) is 9.02. The fourth-order valence-electron chi connectivity index (χ4n) is 5.88. The van der Waals surface area contributed by atoms with Crippen molar-refractivity contribution in [3.63, 3.8) is 0 Å². The molecule has 1 aliphatic heterocycles. The van der Waals surface area contributed by atoms with Gasteiger partial charge in [0.1, 0.15) is 17.7 Å². The number of aromatic nitrogens is 5. The quantitative estimate of drug-likeness (QED) is 0.367. The average molecular weight is 533 g/mol. The number of nitrogens with zero attached hydrogens (tertiary/aromatic N) is 7. The van der Waals surface area contributed by atoms with Crippen LogP contribution in [0, 0.1) is 35.9 Å². The third-order valence-corrected chi connectivity index (χ3v) is 8.09. The van der Waals surface area contributed by atoms with E-state index < -0.39 is 5.82 Å². The largest absolute Gasteiger partial charge is 0.356 e. The van der Waals surface area contributed by atoms with E-state index in [1.54, 1.807) is 27.7 Å². The van der Waals surface area contributed by atoms with Gasteiger partial charge in [0.15, 0.2) is 0 Å². The van der Waals surface area contributed by atoms with E-state index in [2.05, 4.69) is 26.5 Å². The number of fused-ring (bicyclic) bond motifs is 2. The molecule has 10 heteroatoms. The fourth-order valence-corrected chi connectivity index (χ4v) is 5.88. The molecule has 5 aromatic rings. The minimum absolute atomic E-state index is 0.0976. The fraction of sp³-hybridized carbons (Fsp3) is 0.233. The molecule has 40 heavy (non-hydrogen) atoms. The summed E-state index contributed by atoms with van der Waals surface area (Å²) in [4.78, 5) is 19.7. The van der Waals surface area contributed by atoms with Gasteiger partial charge in [-0.15, -0.1) is 0 Å². The molecule has 1 saturated heterocycles. The molecular weight excluding hydrogens is 507 g/mol. The maximum absolute atomic E-state index is 13.6. The van der Waals surface area contributed by atoms with E-state index in [1.165, 1.54) is 12.1 Å². The molecule has 2 aliphatic rings. The zero-order valence-corrected chi connectivity index (χ0v) is 21.9. The third kappa shape index (κ3) is 3.98. The van der Waals surface area contributed by atoms with Crippen molar-refractivity contribution >= 4 is 17.2 Å². The average Bonchev–Trinajstić information content (AvgIpc) is 3.41. The molecule has 0 bridgehead atoms. The van der Waals surface area contributed by atoms with Gasteiger partial charge in [0.2, 0.25) is 0 Å². The van der Waals surface area contributed by atoms with Crippen LogP contribution in [0.3, 0.4) is 0 Å². The highest BCUT2D eigenvalue weighted by molar-refractivity contribution is 5.96. The van der Waals surface area contributed by atoms with Crippen molar-refractivity contribution in [3.8, 4) is 28.3 Å². The smallest absolute Gasteiger partial charge is 0.251 e. The van der Waals surface area contributed by atoms with Gasteiger partial charge in [-0.1, -0.05) is 6.07 Å². The number of carbonyl (C=O) groups excluding carboxylic acids is 1. The number of amides is 1. The predicted molar refractivity (Wildman–Crippen MR) is 147 cm³/mol. The highest BCUT2D eigenvalue weighted by atomic mass is 19.1. The Bertz CT molecular complexity index is 1820. The molecule has 9 nitrogen and oxygen atoms in total. The van der Waals surface area contributed by atoms with E-state index in [1.807, 2.05) is 50.8 Å². The van der Waals surface area contributed by atoms with Gasteiger partial charge in [-0.25, -0.2) is 13.9 Å². The topological polar surface area (TPSA) is 104 Å². The number of anilines is 1. The molecule has 1 aliphatic carbocycles. The van der Waals surface area contributed by atoms with Gasteiger partial charge in [-0.05, 0) is 42.8 Å². The molecule has 198 valence electrons. The van der Waals surface area contributed by atoms with E-state index in [0.29, 0.717) is 23.0 Å². The summed E-state index contributed by atoms with van der Waals surface area (Å²) in [6, 6.07) is 12.7. The molecule has 1 aromatic carbocycles. The van der Waals surface area contributed by atoms with E-state index in [9.17, 15) is 14.4 Å². The summed E-state index contributed by atoms with van der Waals surface area (Å²) in [5.74, 6) is 0.937. The van der Waals surface area contributed by atoms with Crippen molar-refractivity contribution in [2.24, 2.45) is 18.9 Å². The van der Waals surface area contributed by atoms with Crippen molar-refractivity contribution in [2.75, 3.05) is 18.0 Å². The van der Waals surface area contributed by atoms with Crippen LogP contribution in [0.4, 0.5) is 10.2 Å². The van der Waals surface area contributed by atoms with Gasteiger partial charge in [0.05, 0.1) is 23.5 Å². The number of piperidine rings is 1. The van der Waals surface area contributed by atoms with Crippen LogP contribution in [-0.4, -0.2) is 49.4 Å². The summed E-state index contributed by atoms with van der Waals surface area (Å²) < 4.78 is 17.1. The van der Waals surface area contributed by atoms with Crippen molar-refractivity contribution < 1.29 is 9.18 Å². The van der Waals surface area contributed by atoms with Crippen LogP contribution in [0.1, 0.15) is 21.5 Å². The first-order valence-electron chi connectivity index (χ1n) is 13.1. The normalized spacial score (nSPS) is 19.4. The monoisotopic (exact) mass is 532 g/mol. The number of nitrogens with one attached hydrogen (secondary N) is 1. The second-order valence-electron chi connectivity index (χ2n) is 10.6. The lowest BCUT2D eigenvalue weighted by molar-refractivity contribution is 0.0946. The first-order valence-corrected chi connectivity index (χ1v) is 13.1. The van der Waals surface area contributed by atoms with Gasteiger partial charge in [-0.2, -0.15) is 15.5 Å². The van der Waals surface area contributed by atoms with E-state index in [0.717, 1.165) is 52.2 Å². The van der Waals surface area contributed by atoms with Gasteiger partial charge in [-0.3, -0.25) is 9.48 Å². The highest BCUT2D eigenvalue weighted by Crippen LogP contribution is 2.46. The van der Waals surface area contributed by atoms with Crippen LogP contribution < -0.4 is 10.2 Å². The summed E-state index contributed by atoms with van der Waals surface area (Å²) >= 11 is 0. The van der Waals surface area contributed by atoms with Crippen LogP contribution in [0.2, 0.25) is 0 Å². The minimum Gasteiger partial charge on any atom is -0.356 e. The summed E-state index contributed by atoms with van der Waals surface area (Å²) in [5, 5.41) is 21.5. The SMILES string of the molecule is Cc1ccc(F)cc1C(=O)NC1[C@H]2CN(c3ccc(-c4cc(-c5cnn(C)c5)cn5ncc(C#N)c45)cn3)C[C@@H]12. The number of benzene rings is 1. The lowest BCUT2D eigenvalue weighted by atomic mass is 10.0. The van der Waals surface area contributed by atoms with Crippen molar-refractivity contribution in [1.29, 1.82) is 5.26 Å². The van der Waals surface area contributed by atoms with E-state index >= 15 is 0 Å². The summed E-state index contributed by atoms with van der Waals surface area (Å²) in [7, 11) is 1.87. The number of nitriles is 1. The number of pyridine rings is 2. The Labute approximate surface area is 229 Å². The van der Waals surface area contributed by atoms with Crippen molar-refractivity contribution in [2.45, 2.75) is 13.0 Å². The Morgan fingerprint density at radius 2 is 1.85 bits per heavy atom. The summed E-state index contributed by atoms with van der Waals surface area (Å²) in [6.07, 6.45) is 9.06. The molecule has 4 aromatic heterocycles. The summed E-state index contributed by atoms with van der Waals surface area (Å²) in [5.41, 5.74) is 6.03. The van der Waals surface area contributed by atoms with Crippen molar-refractivity contribution in [3.05, 3.63) is 89.9 Å². The lowest BCUT2D eigenvalue weighted by Crippen LogP contribution is -2.35. The van der Waals surface area contributed by atoms with Gasteiger partial charge < -0.3 is 10.2 Å². The standard InChI is InChI=1S/C30H25FN8O/c1-17-3-5-22(31)8-23(17)30(40)36-28-25-15-38(16-26(25)28)27-6-4-18(10-33-27)24-7-19(21-12-34-37(2)13-21)14-39-29(24)20(9-32)11-35-39/h3-8,10-14,25-26,28H,15-16H2,1-2H3,(H,36,40)/t25-,26+,28?. The summed E-state index contributed by atoms with van der Waals surface area (Å²) in [6.45, 7) is 3.41. The van der Waals surface area contributed by atoms with Crippen molar-refractivity contribution in [1.82, 2.24) is 29.7 Å². The maximum Gasteiger partial charge on any atom is 0.251 e. The minimum atomic E-state index is -0.408. The molecule has 2 fully saturated rings. The molecule has 3 atom stereocenters. The molecular formula is C30H25FN8O. The molecule has 0 radical (unpaired) electrons. The van der Waals surface area contributed by atoms with Gasteiger partial charge >= 0.3 is 0 Å². The molecule has 1 amide bonds. The Hall–Kier alpha value is -5.04. The van der Waals surface area contributed by atoms with Crippen LogP contribution in [0.5, 0.6) is 0 Å². The Morgan fingerprint density at radius 1 is 1.02 bits per heavy atom.